The van der Waals surface area contributed by atoms with Crippen molar-refractivity contribution in [3.63, 3.8) is 0 Å². The van der Waals surface area contributed by atoms with Gasteiger partial charge in [0.1, 0.15) is 0 Å². The predicted molar refractivity (Wildman–Crippen MR) is 59.5 cm³/mol. The van der Waals surface area contributed by atoms with E-state index in [-0.39, 0.29) is 5.91 Å². The largest absolute Gasteiger partial charge is 0.355 e. The minimum absolute atomic E-state index is 0.158. The number of carbonyl (C=O) groups excluding carboxylic acids is 1. The van der Waals surface area contributed by atoms with Gasteiger partial charge in [-0.1, -0.05) is 22.6 Å². The van der Waals surface area contributed by atoms with E-state index in [1.807, 2.05) is 6.26 Å². The van der Waals surface area contributed by atoms with Gasteiger partial charge in [0.15, 0.2) is 0 Å². The summed E-state index contributed by atoms with van der Waals surface area (Å²) in [6.07, 6.45) is 4.23. The molecule has 0 saturated carbocycles. The van der Waals surface area contributed by atoms with Crippen molar-refractivity contribution in [2.24, 2.45) is 0 Å². The Balaban J connectivity index is 3.04. The van der Waals surface area contributed by atoms with Crippen LogP contribution in [-0.4, -0.2) is 28.9 Å². The van der Waals surface area contributed by atoms with Crippen molar-refractivity contribution in [1.82, 2.24) is 5.32 Å². The number of nitrogens with one attached hydrogen (secondary N) is 1. The number of halogens is 1. The average Bonchev–Trinajstić information content (AvgIpc) is 1.99. The van der Waals surface area contributed by atoms with E-state index in [0.29, 0.717) is 5.75 Å². The van der Waals surface area contributed by atoms with Gasteiger partial charge in [-0.05, 0) is 23.5 Å². The van der Waals surface area contributed by atoms with Crippen LogP contribution in [0.15, 0.2) is 0 Å². The SMILES string of the molecule is CSCC(=O)NCCCCI. The number of hydrogen-bond donors (Lipinski definition) is 1. The van der Waals surface area contributed by atoms with Crippen molar-refractivity contribution in [1.29, 1.82) is 0 Å². The maximum atomic E-state index is 10.9. The Hall–Kier alpha value is 0.550. The summed E-state index contributed by atoms with van der Waals surface area (Å²) >= 11 is 3.90. The number of amides is 1. The molecule has 0 saturated heterocycles. The number of unbranched alkanes of at least 4 members (excludes halogenated alkanes) is 1. The highest BCUT2D eigenvalue weighted by Gasteiger charge is 1.96. The molecule has 11 heavy (non-hydrogen) atoms. The van der Waals surface area contributed by atoms with E-state index in [0.717, 1.165) is 13.0 Å². The highest BCUT2D eigenvalue weighted by Crippen LogP contribution is 1.93. The standard InChI is InChI=1S/C7H14INOS/c1-11-6-7(10)9-5-3-2-4-8/h2-6H2,1H3,(H,9,10). The average molecular weight is 287 g/mol. The van der Waals surface area contributed by atoms with Gasteiger partial charge in [-0.2, -0.15) is 11.8 Å². The van der Waals surface area contributed by atoms with E-state index in [4.69, 9.17) is 0 Å². The Morgan fingerprint density at radius 2 is 2.27 bits per heavy atom. The lowest BCUT2D eigenvalue weighted by molar-refractivity contribution is -0.118. The van der Waals surface area contributed by atoms with Crippen molar-refractivity contribution >= 4 is 40.3 Å². The minimum atomic E-state index is 0.158. The van der Waals surface area contributed by atoms with Gasteiger partial charge in [0.2, 0.25) is 5.91 Å². The molecule has 1 N–H and O–H groups in total. The van der Waals surface area contributed by atoms with Crippen molar-refractivity contribution in [2.45, 2.75) is 12.8 Å². The second kappa shape index (κ2) is 8.64. The molecule has 0 aromatic carbocycles. The number of thioether (sulfide) groups is 1. The molecular formula is C7H14INOS. The zero-order valence-corrected chi connectivity index (χ0v) is 9.70. The molecule has 2 nitrogen and oxygen atoms in total. The molecule has 0 aromatic rings. The van der Waals surface area contributed by atoms with E-state index in [1.165, 1.54) is 10.8 Å². The lowest BCUT2D eigenvalue weighted by atomic mass is 10.3. The van der Waals surface area contributed by atoms with Crippen molar-refractivity contribution in [3.8, 4) is 0 Å². The van der Waals surface area contributed by atoms with Crippen LogP contribution in [0.2, 0.25) is 0 Å². The molecule has 1 amide bonds. The first-order chi connectivity index (χ1) is 5.31. The predicted octanol–water partition coefficient (Wildman–Crippen LogP) is 1.68. The van der Waals surface area contributed by atoms with Gasteiger partial charge >= 0.3 is 0 Å². The summed E-state index contributed by atoms with van der Waals surface area (Å²) in [6.45, 7) is 0.836. The van der Waals surface area contributed by atoms with Gasteiger partial charge in [-0.25, -0.2) is 0 Å². The van der Waals surface area contributed by atoms with Gasteiger partial charge in [-0.3, -0.25) is 4.79 Å². The smallest absolute Gasteiger partial charge is 0.229 e. The number of hydrogen-bond acceptors (Lipinski definition) is 2. The van der Waals surface area contributed by atoms with E-state index < -0.39 is 0 Å². The van der Waals surface area contributed by atoms with Gasteiger partial charge < -0.3 is 5.32 Å². The van der Waals surface area contributed by atoms with Crippen LogP contribution in [0.3, 0.4) is 0 Å². The monoisotopic (exact) mass is 287 g/mol. The number of alkyl halides is 1. The lowest BCUT2D eigenvalue weighted by Crippen LogP contribution is -2.25. The van der Waals surface area contributed by atoms with Crippen LogP contribution in [0.5, 0.6) is 0 Å². The minimum Gasteiger partial charge on any atom is -0.355 e. The maximum Gasteiger partial charge on any atom is 0.229 e. The van der Waals surface area contributed by atoms with E-state index in [1.54, 1.807) is 11.8 Å². The van der Waals surface area contributed by atoms with Crippen molar-refractivity contribution < 1.29 is 4.79 Å². The van der Waals surface area contributed by atoms with Crippen LogP contribution in [0.25, 0.3) is 0 Å². The summed E-state index contributed by atoms with van der Waals surface area (Å²) in [7, 11) is 0. The van der Waals surface area contributed by atoms with Crippen LogP contribution in [0.4, 0.5) is 0 Å². The molecule has 0 spiro atoms. The molecule has 0 aliphatic heterocycles. The topological polar surface area (TPSA) is 29.1 Å². The molecular weight excluding hydrogens is 273 g/mol. The quantitative estimate of drug-likeness (QED) is 0.457. The molecule has 0 aliphatic rings. The third-order valence-corrected chi connectivity index (χ3v) is 2.47. The van der Waals surface area contributed by atoms with Gasteiger partial charge in [0.25, 0.3) is 0 Å². The van der Waals surface area contributed by atoms with E-state index >= 15 is 0 Å². The first-order valence-corrected chi connectivity index (χ1v) is 6.54. The van der Waals surface area contributed by atoms with Crippen LogP contribution < -0.4 is 5.32 Å². The summed E-state index contributed by atoms with van der Waals surface area (Å²) < 4.78 is 1.18. The normalized spacial score (nSPS) is 9.64. The number of rotatable bonds is 6. The zero-order chi connectivity index (χ0) is 8.53. The van der Waals surface area contributed by atoms with Crippen LogP contribution in [-0.2, 0) is 4.79 Å². The molecule has 4 heteroatoms. The fraction of sp³-hybridized carbons (Fsp3) is 0.857. The molecule has 0 fully saturated rings. The fourth-order valence-corrected chi connectivity index (χ4v) is 1.53. The Labute approximate surface area is 86.0 Å². The Morgan fingerprint density at radius 3 is 2.82 bits per heavy atom. The number of carbonyl (C=O) groups is 1. The molecule has 0 aromatic heterocycles. The molecule has 0 rings (SSSR count). The molecule has 0 radical (unpaired) electrons. The third-order valence-electron chi connectivity index (χ3n) is 1.16. The molecule has 0 aliphatic carbocycles. The van der Waals surface area contributed by atoms with Gasteiger partial charge in [0, 0.05) is 6.54 Å². The van der Waals surface area contributed by atoms with Gasteiger partial charge in [-0.15, -0.1) is 0 Å². The maximum absolute atomic E-state index is 10.9. The first-order valence-electron chi connectivity index (χ1n) is 3.63. The second-order valence-electron chi connectivity index (χ2n) is 2.18. The Morgan fingerprint density at radius 1 is 1.55 bits per heavy atom. The molecule has 66 valence electrons. The van der Waals surface area contributed by atoms with Gasteiger partial charge in [0.05, 0.1) is 5.75 Å². The van der Waals surface area contributed by atoms with E-state index in [2.05, 4.69) is 27.9 Å². The Bertz CT molecular complexity index is 111. The summed E-state index contributed by atoms with van der Waals surface area (Å²) in [4.78, 5) is 10.9. The third kappa shape index (κ3) is 8.46. The Kier molecular flexibility index (Phi) is 9.08. The zero-order valence-electron chi connectivity index (χ0n) is 6.73. The molecule has 0 unspecified atom stereocenters. The first kappa shape index (κ1) is 11.6. The summed E-state index contributed by atoms with van der Waals surface area (Å²) in [5, 5.41) is 2.86. The second-order valence-corrected chi connectivity index (χ2v) is 4.12. The summed E-state index contributed by atoms with van der Waals surface area (Å²) in [6, 6.07) is 0. The summed E-state index contributed by atoms with van der Waals surface area (Å²) in [5.41, 5.74) is 0. The van der Waals surface area contributed by atoms with Crippen LogP contribution in [0.1, 0.15) is 12.8 Å². The summed E-state index contributed by atoms with van der Waals surface area (Å²) in [5.74, 6) is 0.746. The van der Waals surface area contributed by atoms with Crippen molar-refractivity contribution in [3.05, 3.63) is 0 Å². The van der Waals surface area contributed by atoms with Crippen molar-refractivity contribution in [2.75, 3.05) is 23.0 Å². The highest BCUT2D eigenvalue weighted by molar-refractivity contribution is 14.1. The fourth-order valence-electron chi connectivity index (χ4n) is 0.629. The molecule has 0 atom stereocenters. The molecule has 0 heterocycles. The van der Waals surface area contributed by atoms with Crippen LogP contribution >= 0.6 is 34.4 Å². The molecule has 0 bridgehead atoms. The van der Waals surface area contributed by atoms with E-state index in [9.17, 15) is 4.79 Å². The highest BCUT2D eigenvalue weighted by atomic mass is 127. The van der Waals surface area contributed by atoms with Crippen LogP contribution in [0, 0.1) is 0 Å². The lowest BCUT2D eigenvalue weighted by Gasteiger charge is -2.01.